The number of nitrogens with zero attached hydrogens (tertiary/aromatic N) is 1. The first-order valence-electron chi connectivity index (χ1n) is 11.4. The highest BCUT2D eigenvalue weighted by Gasteiger charge is 2.80. The van der Waals surface area contributed by atoms with Gasteiger partial charge in [0.1, 0.15) is 17.7 Å². The predicted octanol–water partition coefficient (Wildman–Crippen LogP) is 0.478. The number of rotatable bonds is 3. The van der Waals surface area contributed by atoms with Crippen LogP contribution in [0.1, 0.15) is 48.0 Å². The van der Waals surface area contributed by atoms with E-state index in [0.29, 0.717) is 41.5 Å². The van der Waals surface area contributed by atoms with Gasteiger partial charge < -0.3 is 19.9 Å². The van der Waals surface area contributed by atoms with E-state index in [4.69, 9.17) is 9.47 Å². The molecule has 2 spiro atoms. The molecule has 9 heteroatoms. The monoisotopic (exact) mass is 439 g/mol. The molecule has 9 nitrogen and oxygen atoms in total. The number of urea groups is 1. The molecule has 3 heterocycles. The van der Waals surface area contributed by atoms with E-state index in [0.717, 1.165) is 19.4 Å². The first-order valence-corrected chi connectivity index (χ1v) is 11.4. The van der Waals surface area contributed by atoms with Crippen molar-refractivity contribution in [3.63, 3.8) is 0 Å². The molecule has 5 unspecified atom stereocenters. The number of ether oxygens (including phenoxy) is 2. The van der Waals surface area contributed by atoms with E-state index >= 15 is 0 Å². The summed E-state index contributed by atoms with van der Waals surface area (Å²) in [7, 11) is 1.53. The van der Waals surface area contributed by atoms with Crippen LogP contribution < -0.4 is 20.1 Å². The Hall–Kier alpha value is -2.65. The molecule has 3 aliphatic heterocycles. The summed E-state index contributed by atoms with van der Waals surface area (Å²) in [5.74, 6) is 0.903. The number of carbonyl (C=O) groups excluding carboxylic acids is 3. The van der Waals surface area contributed by atoms with Crippen molar-refractivity contribution < 1.29 is 29.0 Å². The van der Waals surface area contributed by atoms with Gasteiger partial charge in [0.15, 0.2) is 22.8 Å². The first kappa shape index (κ1) is 18.9. The van der Waals surface area contributed by atoms with E-state index in [9.17, 15) is 19.5 Å². The Labute approximate surface area is 184 Å². The van der Waals surface area contributed by atoms with Gasteiger partial charge in [-0.2, -0.15) is 0 Å². The third-order valence-corrected chi connectivity index (χ3v) is 8.87. The second-order valence-electron chi connectivity index (χ2n) is 10.2. The number of amides is 3. The van der Waals surface area contributed by atoms with Gasteiger partial charge in [-0.05, 0) is 50.2 Å². The smallest absolute Gasteiger partial charge is 0.322 e. The number of piperidine rings is 1. The van der Waals surface area contributed by atoms with E-state index in [-0.39, 0.29) is 18.6 Å². The van der Waals surface area contributed by atoms with Crippen molar-refractivity contribution in [1.82, 2.24) is 15.5 Å². The molecule has 1 aromatic carbocycles. The fraction of sp³-hybridized carbons (Fsp3) is 0.609. The SMILES string of the molecule is COc1ccc2c3c1OC1C4(CCC5(O)C(C2=O)N(CC2CC2)CCC315)NC(=O)NC4=O. The van der Waals surface area contributed by atoms with E-state index in [1.807, 2.05) is 0 Å². The molecule has 3 N–H and O–H groups in total. The summed E-state index contributed by atoms with van der Waals surface area (Å²) in [6.45, 7) is 1.41. The number of imide groups is 1. The second-order valence-corrected chi connectivity index (χ2v) is 10.2. The lowest BCUT2D eigenvalue weighted by Gasteiger charge is -2.64. The number of aliphatic hydroxyl groups is 1. The van der Waals surface area contributed by atoms with E-state index in [1.165, 1.54) is 7.11 Å². The number of ketones is 1. The van der Waals surface area contributed by atoms with Gasteiger partial charge in [0.25, 0.3) is 5.91 Å². The summed E-state index contributed by atoms with van der Waals surface area (Å²) in [5, 5.41) is 17.6. The highest BCUT2D eigenvalue weighted by molar-refractivity contribution is 6.10. The molecular formula is C23H25N3O6. The van der Waals surface area contributed by atoms with Crippen LogP contribution in [0.3, 0.4) is 0 Å². The van der Waals surface area contributed by atoms with Gasteiger partial charge in [0, 0.05) is 24.2 Å². The minimum Gasteiger partial charge on any atom is -0.493 e. The Kier molecular flexibility index (Phi) is 3.32. The number of hydrogen-bond donors (Lipinski definition) is 3. The van der Waals surface area contributed by atoms with Crippen LogP contribution in [0.15, 0.2) is 12.1 Å². The Morgan fingerprint density at radius 1 is 1.22 bits per heavy atom. The molecule has 4 fully saturated rings. The molecule has 5 atom stereocenters. The average molecular weight is 439 g/mol. The predicted molar refractivity (Wildman–Crippen MR) is 110 cm³/mol. The van der Waals surface area contributed by atoms with Crippen molar-refractivity contribution >= 4 is 17.7 Å². The van der Waals surface area contributed by atoms with Crippen molar-refractivity contribution in [3.8, 4) is 11.5 Å². The number of carbonyl (C=O) groups is 3. The summed E-state index contributed by atoms with van der Waals surface area (Å²) in [6.07, 6.45) is 2.42. The van der Waals surface area contributed by atoms with Crippen LogP contribution in [0.25, 0.3) is 0 Å². The Balaban J connectivity index is 1.49. The minimum atomic E-state index is -1.40. The van der Waals surface area contributed by atoms with Crippen LogP contribution in [0.4, 0.5) is 4.79 Å². The van der Waals surface area contributed by atoms with Crippen LogP contribution in [0.2, 0.25) is 0 Å². The molecule has 2 saturated carbocycles. The topological polar surface area (TPSA) is 117 Å². The summed E-state index contributed by atoms with van der Waals surface area (Å²) in [4.78, 5) is 41.3. The van der Waals surface area contributed by atoms with Gasteiger partial charge >= 0.3 is 6.03 Å². The highest BCUT2D eigenvalue weighted by atomic mass is 16.5. The molecule has 0 aromatic heterocycles. The molecule has 6 aliphatic rings. The zero-order valence-electron chi connectivity index (χ0n) is 17.8. The second kappa shape index (κ2) is 5.63. The molecule has 1 aromatic rings. The fourth-order valence-corrected chi connectivity index (χ4v) is 7.37. The normalized spacial score (nSPS) is 41.2. The standard InChI is InChI=1S/C23H25N3O6/c1-31-13-5-4-12-14-16(13)32-18-21(14)8-9-26(10-11-2-3-11)17(15(12)27)23(21,30)7-6-22(18)19(28)24-20(29)25-22/h4-5,11,17-18,30H,2-3,6-10H2,1H3,(H2,24,25,28,29). The van der Waals surface area contributed by atoms with Gasteiger partial charge in [-0.25, -0.2) is 4.79 Å². The van der Waals surface area contributed by atoms with Gasteiger partial charge in [0.2, 0.25) is 0 Å². The largest absolute Gasteiger partial charge is 0.493 e. The van der Waals surface area contributed by atoms with Crippen LogP contribution in [0.5, 0.6) is 11.5 Å². The maximum absolute atomic E-state index is 13.8. The van der Waals surface area contributed by atoms with Gasteiger partial charge in [-0.1, -0.05) is 0 Å². The van der Waals surface area contributed by atoms with Crippen molar-refractivity contribution in [1.29, 1.82) is 0 Å². The summed E-state index contributed by atoms with van der Waals surface area (Å²) in [6, 6.07) is 2.23. The first-order chi connectivity index (χ1) is 15.4. The fourth-order valence-electron chi connectivity index (χ4n) is 7.37. The van der Waals surface area contributed by atoms with Crippen molar-refractivity contribution in [2.24, 2.45) is 5.92 Å². The molecule has 3 aliphatic carbocycles. The Bertz CT molecular complexity index is 1120. The lowest BCUT2D eigenvalue weighted by atomic mass is 9.46. The maximum Gasteiger partial charge on any atom is 0.322 e. The zero-order chi connectivity index (χ0) is 22.0. The number of likely N-dealkylation sites (tertiary alicyclic amines) is 1. The third-order valence-electron chi connectivity index (χ3n) is 8.87. The Morgan fingerprint density at radius 3 is 2.72 bits per heavy atom. The Morgan fingerprint density at radius 2 is 2.03 bits per heavy atom. The number of fused-ring (bicyclic) bond motifs is 1. The van der Waals surface area contributed by atoms with Gasteiger partial charge in [0.05, 0.1) is 12.5 Å². The lowest BCUT2D eigenvalue weighted by Crippen LogP contribution is -2.82. The van der Waals surface area contributed by atoms with Crippen molar-refractivity contribution in [2.45, 2.75) is 60.8 Å². The van der Waals surface area contributed by atoms with Crippen LogP contribution in [-0.2, 0) is 10.2 Å². The summed E-state index contributed by atoms with van der Waals surface area (Å²) >= 11 is 0. The molecule has 3 amide bonds. The molecule has 2 saturated heterocycles. The quantitative estimate of drug-likeness (QED) is 0.587. The van der Waals surface area contributed by atoms with Gasteiger partial charge in [-0.15, -0.1) is 0 Å². The zero-order valence-corrected chi connectivity index (χ0v) is 17.8. The summed E-state index contributed by atoms with van der Waals surface area (Å²) < 4.78 is 12.0. The number of methoxy groups -OCH3 is 1. The number of Topliss-reactive ketones (excluding diaryl/α,β-unsaturated/α-hetero) is 1. The lowest BCUT2D eigenvalue weighted by molar-refractivity contribution is -0.191. The number of hydrogen-bond acceptors (Lipinski definition) is 7. The van der Waals surface area contributed by atoms with Crippen molar-refractivity contribution in [2.75, 3.05) is 20.2 Å². The van der Waals surface area contributed by atoms with E-state index in [1.54, 1.807) is 12.1 Å². The van der Waals surface area contributed by atoms with Gasteiger partial charge in [-0.3, -0.25) is 19.8 Å². The molecular weight excluding hydrogens is 414 g/mol. The number of benzene rings is 1. The molecule has 32 heavy (non-hydrogen) atoms. The molecule has 0 radical (unpaired) electrons. The maximum atomic E-state index is 13.8. The molecule has 168 valence electrons. The van der Waals surface area contributed by atoms with E-state index in [2.05, 4.69) is 15.5 Å². The van der Waals surface area contributed by atoms with Crippen molar-refractivity contribution in [3.05, 3.63) is 23.3 Å². The molecule has 2 bridgehead atoms. The molecule has 7 rings (SSSR count). The van der Waals surface area contributed by atoms with Crippen LogP contribution in [-0.4, -0.2) is 71.2 Å². The van der Waals surface area contributed by atoms with Crippen LogP contribution >= 0.6 is 0 Å². The van der Waals surface area contributed by atoms with Crippen LogP contribution in [0, 0.1) is 5.92 Å². The number of nitrogens with one attached hydrogen (secondary N) is 2. The highest BCUT2D eigenvalue weighted by Crippen LogP contribution is 2.67. The third kappa shape index (κ3) is 1.89. The summed E-state index contributed by atoms with van der Waals surface area (Å²) in [5.41, 5.74) is -2.51. The van der Waals surface area contributed by atoms with E-state index < -0.39 is 40.6 Å². The average Bonchev–Trinajstić information content (AvgIpc) is 3.43. The minimum absolute atomic E-state index is 0.0949.